The van der Waals surface area contributed by atoms with Gasteiger partial charge in [0.05, 0.1) is 12.2 Å². The van der Waals surface area contributed by atoms with Crippen LogP contribution in [0.4, 0.5) is 0 Å². The second-order valence-electron chi connectivity index (χ2n) is 3.64. The topological polar surface area (TPSA) is 56.3 Å². The lowest BCUT2D eigenvalue weighted by Crippen LogP contribution is -2.22. The summed E-state index contributed by atoms with van der Waals surface area (Å²) >= 11 is 0. The Kier molecular flexibility index (Phi) is 6.32. The van der Waals surface area contributed by atoms with Crippen LogP contribution in [0.2, 0.25) is 0 Å². The first-order valence-electron chi connectivity index (χ1n) is 6.07. The second-order valence-corrected chi connectivity index (χ2v) is 3.64. The zero-order chi connectivity index (χ0) is 12.5. The SMILES string of the molecule is CCCNCCOc1ncnc(OCC)c1C. The number of hydrogen-bond donors (Lipinski definition) is 1. The number of hydrogen-bond acceptors (Lipinski definition) is 5. The second kappa shape index (κ2) is 7.84. The van der Waals surface area contributed by atoms with E-state index in [0.29, 0.717) is 25.0 Å². The average Bonchev–Trinajstić information content (AvgIpc) is 2.33. The van der Waals surface area contributed by atoms with Gasteiger partial charge in [-0.05, 0) is 26.8 Å². The molecular formula is C12H21N3O2. The van der Waals surface area contributed by atoms with E-state index in [0.717, 1.165) is 25.1 Å². The third kappa shape index (κ3) is 4.56. The molecular weight excluding hydrogens is 218 g/mol. The third-order valence-corrected chi connectivity index (χ3v) is 2.22. The molecule has 0 radical (unpaired) electrons. The van der Waals surface area contributed by atoms with Crippen LogP contribution in [0.1, 0.15) is 25.8 Å². The molecule has 1 aromatic heterocycles. The Morgan fingerprint density at radius 1 is 1.12 bits per heavy atom. The number of nitrogens with one attached hydrogen (secondary N) is 1. The average molecular weight is 239 g/mol. The zero-order valence-electron chi connectivity index (χ0n) is 10.8. The third-order valence-electron chi connectivity index (χ3n) is 2.22. The summed E-state index contributed by atoms with van der Waals surface area (Å²) in [4.78, 5) is 8.16. The monoisotopic (exact) mass is 239 g/mol. The van der Waals surface area contributed by atoms with Gasteiger partial charge in [0.25, 0.3) is 0 Å². The van der Waals surface area contributed by atoms with Crippen LogP contribution < -0.4 is 14.8 Å². The van der Waals surface area contributed by atoms with Crippen LogP contribution in [0, 0.1) is 6.92 Å². The van der Waals surface area contributed by atoms with Gasteiger partial charge in [0, 0.05) is 6.54 Å². The molecule has 0 aliphatic rings. The Hall–Kier alpha value is -1.36. The van der Waals surface area contributed by atoms with Gasteiger partial charge in [0.2, 0.25) is 11.8 Å². The van der Waals surface area contributed by atoms with E-state index in [-0.39, 0.29) is 0 Å². The van der Waals surface area contributed by atoms with Crippen molar-refractivity contribution < 1.29 is 9.47 Å². The van der Waals surface area contributed by atoms with Crippen molar-refractivity contribution in [1.82, 2.24) is 15.3 Å². The molecule has 1 heterocycles. The van der Waals surface area contributed by atoms with E-state index < -0.39 is 0 Å². The predicted molar refractivity (Wildman–Crippen MR) is 66.6 cm³/mol. The normalized spacial score (nSPS) is 10.3. The van der Waals surface area contributed by atoms with Crippen molar-refractivity contribution in [2.45, 2.75) is 27.2 Å². The van der Waals surface area contributed by atoms with E-state index in [9.17, 15) is 0 Å². The summed E-state index contributed by atoms with van der Waals surface area (Å²) in [5, 5.41) is 3.26. The Bertz CT molecular complexity index is 332. The van der Waals surface area contributed by atoms with E-state index >= 15 is 0 Å². The minimum Gasteiger partial charge on any atom is -0.478 e. The molecule has 0 saturated carbocycles. The van der Waals surface area contributed by atoms with E-state index in [2.05, 4.69) is 22.2 Å². The summed E-state index contributed by atoms with van der Waals surface area (Å²) in [5.74, 6) is 1.20. The van der Waals surface area contributed by atoms with Crippen molar-refractivity contribution in [1.29, 1.82) is 0 Å². The maximum Gasteiger partial charge on any atom is 0.223 e. The van der Waals surface area contributed by atoms with Crippen LogP contribution in [0.15, 0.2) is 6.33 Å². The van der Waals surface area contributed by atoms with Crippen LogP contribution in [0.5, 0.6) is 11.8 Å². The molecule has 0 saturated heterocycles. The van der Waals surface area contributed by atoms with Gasteiger partial charge in [-0.15, -0.1) is 0 Å². The van der Waals surface area contributed by atoms with Gasteiger partial charge in [-0.3, -0.25) is 0 Å². The minimum absolute atomic E-state index is 0.593. The van der Waals surface area contributed by atoms with Crippen molar-refractivity contribution in [3.8, 4) is 11.8 Å². The van der Waals surface area contributed by atoms with Gasteiger partial charge in [-0.1, -0.05) is 6.92 Å². The number of rotatable bonds is 8. The molecule has 0 aliphatic carbocycles. The largest absolute Gasteiger partial charge is 0.478 e. The lowest BCUT2D eigenvalue weighted by Gasteiger charge is -2.10. The molecule has 5 heteroatoms. The fourth-order valence-corrected chi connectivity index (χ4v) is 1.37. The van der Waals surface area contributed by atoms with Crippen molar-refractivity contribution in [3.63, 3.8) is 0 Å². The smallest absolute Gasteiger partial charge is 0.223 e. The maximum absolute atomic E-state index is 5.58. The first kappa shape index (κ1) is 13.7. The van der Waals surface area contributed by atoms with Crippen molar-refractivity contribution in [3.05, 3.63) is 11.9 Å². The summed E-state index contributed by atoms with van der Waals surface area (Å²) in [6.07, 6.45) is 2.59. The number of nitrogens with zero attached hydrogens (tertiary/aromatic N) is 2. The Labute approximate surface area is 103 Å². The van der Waals surface area contributed by atoms with E-state index in [4.69, 9.17) is 9.47 Å². The molecule has 1 aromatic rings. The fourth-order valence-electron chi connectivity index (χ4n) is 1.37. The molecule has 0 unspecified atom stereocenters. The van der Waals surface area contributed by atoms with Gasteiger partial charge >= 0.3 is 0 Å². The highest BCUT2D eigenvalue weighted by atomic mass is 16.5. The number of ether oxygens (including phenoxy) is 2. The standard InChI is InChI=1S/C12H21N3O2/c1-4-6-13-7-8-17-12-10(3)11(16-5-2)14-9-15-12/h9,13H,4-8H2,1-3H3. The van der Waals surface area contributed by atoms with Crippen LogP contribution in [0.3, 0.4) is 0 Å². The van der Waals surface area contributed by atoms with E-state index in [1.165, 1.54) is 6.33 Å². The maximum atomic E-state index is 5.58. The molecule has 0 spiro atoms. The molecule has 0 amide bonds. The van der Waals surface area contributed by atoms with Gasteiger partial charge in [0.1, 0.15) is 12.9 Å². The molecule has 5 nitrogen and oxygen atoms in total. The molecule has 1 rings (SSSR count). The fraction of sp³-hybridized carbons (Fsp3) is 0.667. The molecule has 96 valence electrons. The van der Waals surface area contributed by atoms with Crippen molar-refractivity contribution in [2.24, 2.45) is 0 Å². The summed E-state index contributed by atoms with van der Waals surface area (Å²) in [7, 11) is 0. The molecule has 0 bridgehead atoms. The quantitative estimate of drug-likeness (QED) is 0.698. The lowest BCUT2D eigenvalue weighted by atomic mass is 10.3. The minimum atomic E-state index is 0.593. The summed E-state index contributed by atoms with van der Waals surface area (Å²) < 4.78 is 11.0. The van der Waals surface area contributed by atoms with Gasteiger partial charge < -0.3 is 14.8 Å². The summed E-state index contributed by atoms with van der Waals surface area (Å²) in [5.41, 5.74) is 0.852. The van der Waals surface area contributed by atoms with Gasteiger partial charge in [-0.25, -0.2) is 9.97 Å². The van der Waals surface area contributed by atoms with Crippen LogP contribution in [-0.4, -0.2) is 36.3 Å². The van der Waals surface area contributed by atoms with Crippen LogP contribution >= 0.6 is 0 Å². The zero-order valence-corrected chi connectivity index (χ0v) is 10.8. The van der Waals surface area contributed by atoms with Gasteiger partial charge in [0.15, 0.2) is 0 Å². The Morgan fingerprint density at radius 3 is 2.47 bits per heavy atom. The summed E-state index contributed by atoms with van der Waals surface area (Å²) in [6.45, 7) is 8.99. The van der Waals surface area contributed by atoms with Crippen LogP contribution in [-0.2, 0) is 0 Å². The molecule has 0 atom stereocenters. The predicted octanol–water partition coefficient (Wildman–Crippen LogP) is 1.56. The first-order chi connectivity index (χ1) is 8.29. The van der Waals surface area contributed by atoms with E-state index in [1.807, 2.05) is 13.8 Å². The van der Waals surface area contributed by atoms with Crippen molar-refractivity contribution in [2.75, 3.05) is 26.3 Å². The van der Waals surface area contributed by atoms with E-state index in [1.54, 1.807) is 0 Å². The van der Waals surface area contributed by atoms with Crippen molar-refractivity contribution >= 4 is 0 Å². The lowest BCUT2D eigenvalue weighted by molar-refractivity contribution is 0.287. The van der Waals surface area contributed by atoms with Crippen LogP contribution in [0.25, 0.3) is 0 Å². The highest BCUT2D eigenvalue weighted by Gasteiger charge is 2.08. The Balaban J connectivity index is 2.44. The Morgan fingerprint density at radius 2 is 1.82 bits per heavy atom. The highest BCUT2D eigenvalue weighted by molar-refractivity contribution is 5.32. The molecule has 17 heavy (non-hydrogen) atoms. The molecule has 1 N–H and O–H groups in total. The number of aromatic nitrogens is 2. The first-order valence-corrected chi connectivity index (χ1v) is 6.07. The molecule has 0 fully saturated rings. The molecule has 0 aromatic carbocycles. The highest BCUT2D eigenvalue weighted by Crippen LogP contribution is 2.21. The molecule has 0 aliphatic heterocycles. The van der Waals surface area contributed by atoms with Gasteiger partial charge in [-0.2, -0.15) is 0 Å². The summed E-state index contributed by atoms with van der Waals surface area (Å²) in [6, 6.07) is 0.